The lowest BCUT2D eigenvalue weighted by Crippen LogP contribution is -2.31. The monoisotopic (exact) mass is 277 g/mol. The van der Waals surface area contributed by atoms with E-state index in [-0.39, 0.29) is 6.54 Å². The first-order valence-corrected chi connectivity index (χ1v) is 6.84. The van der Waals surface area contributed by atoms with Crippen LogP contribution in [0.15, 0.2) is 47.2 Å². The molecule has 1 aromatic carbocycles. The topological polar surface area (TPSA) is 69.6 Å². The molecule has 3 N–H and O–H groups in total. The lowest BCUT2D eigenvalue weighted by molar-refractivity contribution is -0.139. The molecular weight excluding hydrogens is 262 g/mol. The third-order valence-corrected chi connectivity index (χ3v) is 3.52. The normalized spacial score (nSPS) is 13.9. The van der Waals surface area contributed by atoms with E-state index < -0.39 is 18.1 Å². The highest BCUT2D eigenvalue weighted by atomic mass is 32.1. The lowest BCUT2D eigenvalue weighted by Gasteiger charge is -2.17. The number of aliphatic hydroxyl groups is 1. The summed E-state index contributed by atoms with van der Waals surface area (Å²) in [5.74, 6) is -0.955. The van der Waals surface area contributed by atoms with E-state index in [9.17, 15) is 15.0 Å². The van der Waals surface area contributed by atoms with E-state index in [2.05, 4.69) is 5.32 Å². The van der Waals surface area contributed by atoms with Gasteiger partial charge in [-0.05, 0) is 28.0 Å². The van der Waals surface area contributed by atoms with Crippen LogP contribution in [0.4, 0.5) is 0 Å². The third kappa shape index (κ3) is 3.64. The molecule has 1 heterocycles. The van der Waals surface area contributed by atoms with Crippen molar-refractivity contribution in [2.24, 2.45) is 0 Å². The average molecular weight is 277 g/mol. The van der Waals surface area contributed by atoms with Crippen molar-refractivity contribution >= 4 is 17.3 Å². The fourth-order valence-corrected chi connectivity index (χ4v) is 2.51. The average Bonchev–Trinajstić information content (AvgIpc) is 2.93. The van der Waals surface area contributed by atoms with Gasteiger partial charge in [-0.3, -0.25) is 10.1 Å². The Morgan fingerprint density at radius 3 is 2.53 bits per heavy atom. The molecule has 5 heteroatoms. The van der Waals surface area contributed by atoms with Gasteiger partial charge in [-0.25, -0.2) is 0 Å². The van der Waals surface area contributed by atoms with Gasteiger partial charge in [-0.2, -0.15) is 11.3 Å². The van der Waals surface area contributed by atoms with Crippen molar-refractivity contribution in [2.45, 2.75) is 12.1 Å². The maximum atomic E-state index is 11.3. The van der Waals surface area contributed by atoms with Crippen molar-refractivity contribution in [1.82, 2.24) is 5.32 Å². The van der Waals surface area contributed by atoms with Crippen molar-refractivity contribution < 1.29 is 15.0 Å². The molecule has 1 aromatic heterocycles. The molecule has 0 amide bonds. The van der Waals surface area contributed by atoms with Gasteiger partial charge in [0.25, 0.3) is 0 Å². The number of rotatable bonds is 6. The molecule has 2 rings (SSSR count). The summed E-state index contributed by atoms with van der Waals surface area (Å²) in [4.78, 5) is 11.3. The van der Waals surface area contributed by atoms with Gasteiger partial charge in [0, 0.05) is 6.54 Å². The van der Waals surface area contributed by atoms with Crippen LogP contribution in [0.3, 0.4) is 0 Å². The highest BCUT2D eigenvalue weighted by molar-refractivity contribution is 7.07. The van der Waals surface area contributed by atoms with E-state index in [0.29, 0.717) is 5.56 Å². The standard InChI is InChI=1S/C14H15NO3S/c16-12(11-6-7-19-9-11)8-15-13(14(17)18)10-4-2-1-3-5-10/h1-7,9,12-13,15-16H,8H2,(H,17,18). The zero-order valence-electron chi connectivity index (χ0n) is 10.2. The molecule has 0 saturated carbocycles. The first-order valence-electron chi connectivity index (χ1n) is 5.90. The quantitative estimate of drug-likeness (QED) is 0.757. The molecule has 0 spiro atoms. The van der Waals surface area contributed by atoms with E-state index >= 15 is 0 Å². The van der Waals surface area contributed by atoms with Crippen molar-refractivity contribution in [3.8, 4) is 0 Å². The van der Waals surface area contributed by atoms with Crippen LogP contribution in [0.5, 0.6) is 0 Å². The second-order valence-electron chi connectivity index (χ2n) is 4.16. The van der Waals surface area contributed by atoms with Gasteiger partial charge in [0.05, 0.1) is 6.10 Å². The van der Waals surface area contributed by atoms with Crippen molar-refractivity contribution in [2.75, 3.05) is 6.54 Å². The number of carboxylic acid groups (broad SMARTS) is 1. The van der Waals surface area contributed by atoms with Gasteiger partial charge >= 0.3 is 5.97 Å². The minimum absolute atomic E-state index is 0.197. The predicted molar refractivity (Wildman–Crippen MR) is 74.1 cm³/mol. The number of hydrogen-bond donors (Lipinski definition) is 3. The molecule has 2 atom stereocenters. The summed E-state index contributed by atoms with van der Waals surface area (Å²) < 4.78 is 0. The first kappa shape index (κ1) is 13.7. The molecule has 0 radical (unpaired) electrons. The van der Waals surface area contributed by atoms with Gasteiger partial charge in [0.2, 0.25) is 0 Å². The zero-order valence-corrected chi connectivity index (χ0v) is 11.0. The summed E-state index contributed by atoms with van der Waals surface area (Å²) >= 11 is 1.50. The van der Waals surface area contributed by atoms with Crippen LogP contribution < -0.4 is 5.32 Å². The maximum Gasteiger partial charge on any atom is 0.325 e. The van der Waals surface area contributed by atoms with Crippen LogP contribution in [-0.4, -0.2) is 22.7 Å². The number of aliphatic carboxylic acids is 1. The fourth-order valence-electron chi connectivity index (χ4n) is 1.81. The van der Waals surface area contributed by atoms with Crippen LogP contribution >= 0.6 is 11.3 Å². The van der Waals surface area contributed by atoms with E-state index in [4.69, 9.17) is 0 Å². The van der Waals surface area contributed by atoms with E-state index in [0.717, 1.165) is 5.56 Å². The SMILES string of the molecule is O=C(O)C(NCC(O)c1ccsc1)c1ccccc1. The fraction of sp³-hybridized carbons (Fsp3) is 0.214. The smallest absolute Gasteiger partial charge is 0.325 e. The minimum Gasteiger partial charge on any atom is -0.480 e. The number of benzene rings is 1. The van der Waals surface area contributed by atoms with Crippen molar-refractivity contribution in [1.29, 1.82) is 0 Å². The Bertz CT molecular complexity index is 513. The lowest BCUT2D eigenvalue weighted by atomic mass is 10.1. The molecule has 0 aliphatic heterocycles. The third-order valence-electron chi connectivity index (χ3n) is 2.82. The summed E-state index contributed by atoms with van der Waals surface area (Å²) in [6.45, 7) is 0.197. The van der Waals surface area contributed by atoms with Gasteiger partial charge in [0.1, 0.15) is 6.04 Å². The van der Waals surface area contributed by atoms with Gasteiger partial charge in [0.15, 0.2) is 0 Å². The highest BCUT2D eigenvalue weighted by Crippen LogP contribution is 2.18. The Kier molecular flexibility index (Phi) is 4.68. The summed E-state index contributed by atoms with van der Waals surface area (Å²) in [6, 6.07) is 9.95. The van der Waals surface area contributed by atoms with E-state index in [1.807, 2.05) is 22.9 Å². The van der Waals surface area contributed by atoms with Crippen LogP contribution in [0.2, 0.25) is 0 Å². The molecule has 0 bridgehead atoms. The number of carbonyl (C=O) groups is 1. The van der Waals surface area contributed by atoms with Crippen LogP contribution in [0.1, 0.15) is 23.3 Å². The summed E-state index contributed by atoms with van der Waals surface area (Å²) in [5, 5.41) is 25.8. The van der Waals surface area contributed by atoms with Crippen LogP contribution in [0, 0.1) is 0 Å². The van der Waals surface area contributed by atoms with Gasteiger partial charge in [-0.15, -0.1) is 0 Å². The molecule has 0 aliphatic carbocycles. The molecule has 19 heavy (non-hydrogen) atoms. The Hall–Kier alpha value is -1.69. The van der Waals surface area contributed by atoms with Crippen LogP contribution in [-0.2, 0) is 4.79 Å². The minimum atomic E-state index is -0.955. The second kappa shape index (κ2) is 6.47. The predicted octanol–water partition coefficient (Wildman–Crippen LogP) is 2.20. The van der Waals surface area contributed by atoms with Crippen LogP contribution in [0.25, 0.3) is 0 Å². The number of hydrogen-bond acceptors (Lipinski definition) is 4. The van der Waals surface area contributed by atoms with E-state index in [1.54, 1.807) is 24.3 Å². The van der Waals surface area contributed by atoms with Crippen molar-refractivity contribution in [3.63, 3.8) is 0 Å². The Morgan fingerprint density at radius 1 is 1.21 bits per heavy atom. The highest BCUT2D eigenvalue weighted by Gasteiger charge is 2.20. The molecule has 2 aromatic rings. The molecule has 100 valence electrons. The largest absolute Gasteiger partial charge is 0.480 e. The zero-order chi connectivity index (χ0) is 13.7. The molecule has 2 unspecified atom stereocenters. The van der Waals surface area contributed by atoms with Crippen molar-refractivity contribution in [3.05, 3.63) is 58.3 Å². The molecule has 4 nitrogen and oxygen atoms in total. The Balaban J connectivity index is 2.01. The Labute approximate surface area is 115 Å². The number of aliphatic hydroxyl groups excluding tert-OH is 1. The second-order valence-corrected chi connectivity index (χ2v) is 4.94. The summed E-state index contributed by atoms with van der Waals surface area (Å²) in [5.41, 5.74) is 1.47. The number of thiophene rings is 1. The summed E-state index contributed by atoms with van der Waals surface area (Å²) in [7, 11) is 0. The number of nitrogens with one attached hydrogen (secondary N) is 1. The van der Waals surface area contributed by atoms with Gasteiger partial charge in [-0.1, -0.05) is 30.3 Å². The van der Waals surface area contributed by atoms with Gasteiger partial charge < -0.3 is 10.2 Å². The molecule has 0 saturated heterocycles. The Morgan fingerprint density at radius 2 is 1.95 bits per heavy atom. The summed E-state index contributed by atoms with van der Waals surface area (Å²) in [6.07, 6.45) is -0.697. The maximum absolute atomic E-state index is 11.3. The molecule has 0 fully saturated rings. The van der Waals surface area contributed by atoms with E-state index in [1.165, 1.54) is 11.3 Å². The number of carboxylic acids is 1. The molecular formula is C14H15NO3S. The molecule has 0 aliphatic rings. The first-order chi connectivity index (χ1) is 9.18.